The van der Waals surface area contributed by atoms with Crippen LogP contribution < -0.4 is 5.32 Å². The Labute approximate surface area is 122 Å². The van der Waals surface area contributed by atoms with Crippen molar-refractivity contribution in [2.24, 2.45) is 0 Å². The summed E-state index contributed by atoms with van der Waals surface area (Å²) in [6.45, 7) is 0.419. The molecule has 1 heterocycles. The number of rotatable bonds is 4. The molecular weight excluding hydrogens is 266 g/mol. The summed E-state index contributed by atoms with van der Waals surface area (Å²) >= 11 is 0. The van der Waals surface area contributed by atoms with E-state index in [2.05, 4.69) is 10.4 Å². The van der Waals surface area contributed by atoms with E-state index >= 15 is 0 Å². The zero-order chi connectivity index (χ0) is 14.7. The summed E-state index contributed by atoms with van der Waals surface area (Å²) in [6, 6.07) is 14.6. The molecule has 3 aromatic rings. The minimum Gasteiger partial charge on any atom is -0.504 e. The van der Waals surface area contributed by atoms with Crippen molar-refractivity contribution >= 4 is 5.69 Å². The van der Waals surface area contributed by atoms with Gasteiger partial charge >= 0.3 is 0 Å². The molecule has 0 spiro atoms. The van der Waals surface area contributed by atoms with Crippen LogP contribution in [0.1, 0.15) is 5.56 Å². The Morgan fingerprint density at radius 3 is 2.71 bits per heavy atom. The molecule has 5 heteroatoms. The van der Waals surface area contributed by atoms with Gasteiger partial charge in [0.05, 0.1) is 5.69 Å². The smallest absolute Gasteiger partial charge is 0.162 e. The maximum absolute atomic E-state index is 9.78. The van der Waals surface area contributed by atoms with Gasteiger partial charge in [0.25, 0.3) is 0 Å². The van der Waals surface area contributed by atoms with Gasteiger partial charge in [0.1, 0.15) is 0 Å². The summed E-state index contributed by atoms with van der Waals surface area (Å²) in [6.07, 6.45) is 3.60. The van der Waals surface area contributed by atoms with E-state index in [1.807, 2.05) is 36.5 Å². The summed E-state index contributed by atoms with van der Waals surface area (Å²) in [5, 5.41) is 26.7. The molecule has 3 N–H and O–H groups in total. The number of phenols is 2. The standard InChI is InChI=1S/C16H15N3O2/c20-15-7-1-4-12(16(15)21)11-17-13-5-2-6-14(10-13)19-9-3-8-18-19/h1-10,17,20-21H,11H2. The van der Waals surface area contributed by atoms with Gasteiger partial charge in [0.2, 0.25) is 0 Å². The third-order valence-electron chi connectivity index (χ3n) is 3.20. The number of aromatic nitrogens is 2. The molecule has 0 atom stereocenters. The van der Waals surface area contributed by atoms with Gasteiger partial charge in [-0.1, -0.05) is 18.2 Å². The van der Waals surface area contributed by atoms with Gasteiger partial charge in [0, 0.05) is 30.2 Å². The van der Waals surface area contributed by atoms with E-state index in [-0.39, 0.29) is 11.5 Å². The van der Waals surface area contributed by atoms with Crippen LogP contribution in [0.2, 0.25) is 0 Å². The molecule has 21 heavy (non-hydrogen) atoms. The molecule has 0 saturated heterocycles. The average molecular weight is 281 g/mol. The molecule has 1 aromatic heterocycles. The first-order valence-corrected chi connectivity index (χ1v) is 6.58. The molecule has 0 unspecified atom stereocenters. The van der Waals surface area contributed by atoms with Crippen LogP contribution in [0, 0.1) is 0 Å². The number of hydrogen-bond acceptors (Lipinski definition) is 4. The number of hydrogen-bond donors (Lipinski definition) is 3. The molecule has 2 aromatic carbocycles. The first-order chi connectivity index (χ1) is 10.2. The lowest BCUT2D eigenvalue weighted by Crippen LogP contribution is -2.01. The van der Waals surface area contributed by atoms with Gasteiger partial charge in [-0.05, 0) is 30.3 Å². The lowest BCUT2D eigenvalue weighted by Gasteiger charge is -2.10. The second-order valence-electron chi connectivity index (χ2n) is 4.64. The molecule has 5 nitrogen and oxygen atoms in total. The van der Waals surface area contributed by atoms with Crippen molar-refractivity contribution in [1.82, 2.24) is 9.78 Å². The number of anilines is 1. The minimum absolute atomic E-state index is 0.0896. The van der Waals surface area contributed by atoms with Gasteiger partial charge < -0.3 is 15.5 Å². The zero-order valence-corrected chi connectivity index (χ0v) is 11.3. The highest BCUT2D eigenvalue weighted by Crippen LogP contribution is 2.28. The van der Waals surface area contributed by atoms with E-state index < -0.39 is 0 Å². The van der Waals surface area contributed by atoms with Crippen molar-refractivity contribution in [2.75, 3.05) is 5.32 Å². The van der Waals surface area contributed by atoms with E-state index in [0.717, 1.165) is 11.4 Å². The van der Waals surface area contributed by atoms with Crippen LogP contribution in [0.4, 0.5) is 5.69 Å². The first-order valence-electron chi connectivity index (χ1n) is 6.58. The lowest BCUT2D eigenvalue weighted by atomic mass is 10.2. The monoisotopic (exact) mass is 281 g/mol. The predicted octanol–water partition coefficient (Wildman–Crippen LogP) is 2.90. The molecule has 0 amide bonds. The second kappa shape index (κ2) is 5.58. The maximum Gasteiger partial charge on any atom is 0.162 e. The van der Waals surface area contributed by atoms with Gasteiger partial charge in [-0.3, -0.25) is 0 Å². The minimum atomic E-state index is -0.111. The van der Waals surface area contributed by atoms with E-state index in [4.69, 9.17) is 0 Å². The molecule has 0 saturated carbocycles. The quantitative estimate of drug-likeness (QED) is 0.643. The van der Waals surface area contributed by atoms with Crippen molar-refractivity contribution in [3.63, 3.8) is 0 Å². The van der Waals surface area contributed by atoms with Crippen LogP contribution in [-0.2, 0) is 6.54 Å². The molecule has 106 valence electrons. The number of para-hydroxylation sites is 1. The third kappa shape index (κ3) is 2.81. The van der Waals surface area contributed by atoms with Crippen LogP contribution in [0.3, 0.4) is 0 Å². The average Bonchev–Trinajstić information content (AvgIpc) is 3.03. The third-order valence-corrected chi connectivity index (χ3v) is 3.20. The normalized spacial score (nSPS) is 10.5. The van der Waals surface area contributed by atoms with E-state index in [9.17, 15) is 10.2 Å². The summed E-state index contributed by atoms with van der Waals surface area (Å²) < 4.78 is 1.77. The summed E-state index contributed by atoms with van der Waals surface area (Å²) in [4.78, 5) is 0. The van der Waals surface area contributed by atoms with Crippen molar-refractivity contribution < 1.29 is 10.2 Å². The van der Waals surface area contributed by atoms with Crippen molar-refractivity contribution in [1.29, 1.82) is 0 Å². The number of aromatic hydroxyl groups is 2. The van der Waals surface area contributed by atoms with Gasteiger partial charge in [-0.15, -0.1) is 0 Å². The molecular formula is C16H15N3O2. The Balaban J connectivity index is 1.77. The second-order valence-corrected chi connectivity index (χ2v) is 4.64. The maximum atomic E-state index is 9.78. The van der Waals surface area contributed by atoms with Gasteiger partial charge in [-0.2, -0.15) is 5.10 Å². The van der Waals surface area contributed by atoms with Gasteiger partial charge in [-0.25, -0.2) is 4.68 Å². The van der Waals surface area contributed by atoms with Crippen LogP contribution in [0.25, 0.3) is 5.69 Å². The molecule has 0 bridgehead atoms. The van der Waals surface area contributed by atoms with Crippen LogP contribution >= 0.6 is 0 Å². The largest absolute Gasteiger partial charge is 0.504 e. The first kappa shape index (κ1) is 13.1. The fraction of sp³-hybridized carbons (Fsp3) is 0.0625. The highest BCUT2D eigenvalue weighted by atomic mass is 16.3. The SMILES string of the molecule is Oc1cccc(CNc2cccc(-n3cccn3)c2)c1O. The number of nitrogens with zero attached hydrogens (tertiary/aromatic N) is 2. The van der Waals surface area contributed by atoms with E-state index in [1.54, 1.807) is 23.0 Å². The van der Waals surface area contributed by atoms with Crippen molar-refractivity contribution in [2.45, 2.75) is 6.54 Å². The molecule has 0 radical (unpaired) electrons. The Bertz CT molecular complexity index is 739. The highest BCUT2D eigenvalue weighted by molar-refractivity contribution is 5.52. The topological polar surface area (TPSA) is 70.3 Å². The molecule has 3 rings (SSSR count). The van der Waals surface area contributed by atoms with Gasteiger partial charge in [0.15, 0.2) is 11.5 Å². The fourth-order valence-corrected chi connectivity index (χ4v) is 2.10. The summed E-state index contributed by atoms with van der Waals surface area (Å²) in [5.74, 6) is -0.201. The van der Waals surface area contributed by atoms with Crippen LogP contribution in [-0.4, -0.2) is 20.0 Å². The number of nitrogens with one attached hydrogen (secondary N) is 1. The molecule has 0 fully saturated rings. The Hall–Kier alpha value is -2.95. The highest BCUT2D eigenvalue weighted by Gasteiger charge is 2.05. The molecule has 0 aliphatic rings. The Kier molecular flexibility index (Phi) is 3.47. The molecule has 0 aliphatic heterocycles. The summed E-state index contributed by atoms with van der Waals surface area (Å²) in [5.41, 5.74) is 2.50. The summed E-state index contributed by atoms with van der Waals surface area (Å²) in [7, 11) is 0. The van der Waals surface area contributed by atoms with Crippen molar-refractivity contribution in [3.8, 4) is 17.2 Å². The van der Waals surface area contributed by atoms with E-state index in [0.29, 0.717) is 12.1 Å². The fourth-order valence-electron chi connectivity index (χ4n) is 2.10. The lowest BCUT2D eigenvalue weighted by molar-refractivity contribution is 0.400. The number of phenolic OH excluding ortho intramolecular Hbond substituents is 2. The molecule has 0 aliphatic carbocycles. The van der Waals surface area contributed by atoms with Crippen LogP contribution in [0.5, 0.6) is 11.5 Å². The Morgan fingerprint density at radius 1 is 1.05 bits per heavy atom. The number of benzene rings is 2. The predicted molar refractivity (Wildman–Crippen MR) is 80.7 cm³/mol. The Morgan fingerprint density at radius 2 is 1.90 bits per heavy atom. The van der Waals surface area contributed by atoms with Crippen molar-refractivity contribution in [3.05, 3.63) is 66.5 Å². The zero-order valence-electron chi connectivity index (χ0n) is 11.3. The van der Waals surface area contributed by atoms with Crippen LogP contribution in [0.15, 0.2) is 60.9 Å². The van der Waals surface area contributed by atoms with E-state index in [1.165, 1.54) is 6.07 Å².